The van der Waals surface area contributed by atoms with Crippen LogP contribution < -0.4 is 10.5 Å². The Labute approximate surface area is 116 Å². The lowest BCUT2D eigenvalue weighted by molar-refractivity contribution is 0.0212. The number of nitrogens with two attached hydrogens (primary N) is 1. The van der Waals surface area contributed by atoms with Gasteiger partial charge in [0.05, 0.1) is 11.8 Å². The normalized spacial score (nSPS) is 24.6. The Morgan fingerprint density at radius 2 is 2.06 bits per heavy atom. The van der Waals surface area contributed by atoms with Gasteiger partial charge in [0.1, 0.15) is 11.9 Å². The maximum Gasteiger partial charge on any atom is 0.142 e. The molecule has 2 N–H and O–H groups in total. The van der Waals surface area contributed by atoms with Crippen LogP contribution in [-0.2, 0) is 4.74 Å². The van der Waals surface area contributed by atoms with Gasteiger partial charge in [0.25, 0.3) is 0 Å². The highest BCUT2D eigenvalue weighted by molar-refractivity contribution is 14.1. The van der Waals surface area contributed by atoms with Crippen LogP contribution in [0.4, 0.5) is 5.69 Å². The van der Waals surface area contributed by atoms with Gasteiger partial charge >= 0.3 is 0 Å². The highest BCUT2D eigenvalue weighted by Gasteiger charge is 2.23. The van der Waals surface area contributed by atoms with E-state index >= 15 is 0 Å². The second kappa shape index (κ2) is 5.91. The van der Waals surface area contributed by atoms with Crippen molar-refractivity contribution in [1.29, 1.82) is 0 Å². The fraction of sp³-hybridized carbons (Fsp3) is 0.538. The first-order valence-electron chi connectivity index (χ1n) is 5.93. The number of methoxy groups -OCH3 is 1. The van der Waals surface area contributed by atoms with Crippen LogP contribution in [0, 0.1) is 3.57 Å². The third-order valence-corrected chi connectivity index (χ3v) is 3.85. The number of anilines is 1. The standard InChI is InChI=1S/C13H18INO2/c1-16-10-3-2-4-11(8-10)17-13-6-5-9(14)7-12(13)15/h5-7,10-11H,2-4,8,15H2,1H3. The van der Waals surface area contributed by atoms with Crippen LogP contribution in [0.5, 0.6) is 5.75 Å². The Hall–Kier alpha value is -0.490. The summed E-state index contributed by atoms with van der Waals surface area (Å²) in [6.07, 6.45) is 4.91. The number of ether oxygens (including phenoxy) is 2. The smallest absolute Gasteiger partial charge is 0.142 e. The maximum absolute atomic E-state index is 5.96. The van der Waals surface area contributed by atoms with Gasteiger partial charge in [0, 0.05) is 17.1 Å². The second-order valence-electron chi connectivity index (χ2n) is 4.45. The number of benzene rings is 1. The molecule has 94 valence electrons. The summed E-state index contributed by atoms with van der Waals surface area (Å²) in [6.45, 7) is 0. The molecule has 1 aromatic rings. The molecule has 0 spiro atoms. The van der Waals surface area contributed by atoms with Gasteiger partial charge in [0.15, 0.2) is 0 Å². The van der Waals surface area contributed by atoms with Crippen molar-refractivity contribution in [1.82, 2.24) is 0 Å². The van der Waals surface area contributed by atoms with E-state index in [1.165, 1.54) is 0 Å². The summed E-state index contributed by atoms with van der Waals surface area (Å²) < 4.78 is 12.5. The predicted molar refractivity (Wildman–Crippen MR) is 77.3 cm³/mol. The van der Waals surface area contributed by atoms with E-state index in [0.29, 0.717) is 6.10 Å². The summed E-state index contributed by atoms with van der Waals surface area (Å²) in [5, 5.41) is 0. The topological polar surface area (TPSA) is 44.5 Å². The minimum absolute atomic E-state index is 0.232. The van der Waals surface area contributed by atoms with Gasteiger partial charge in [0.2, 0.25) is 0 Å². The van der Waals surface area contributed by atoms with Crippen LogP contribution in [-0.4, -0.2) is 19.3 Å². The van der Waals surface area contributed by atoms with Gasteiger partial charge in [-0.2, -0.15) is 0 Å². The third-order valence-electron chi connectivity index (χ3n) is 3.18. The average Bonchev–Trinajstić information content (AvgIpc) is 2.33. The summed E-state index contributed by atoms with van der Waals surface area (Å²) in [5.41, 5.74) is 6.66. The summed E-state index contributed by atoms with van der Waals surface area (Å²) in [7, 11) is 1.77. The zero-order chi connectivity index (χ0) is 12.3. The van der Waals surface area contributed by atoms with Gasteiger partial charge in [-0.05, 0) is 60.1 Å². The Morgan fingerprint density at radius 1 is 1.29 bits per heavy atom. The first kappa shape index (κ1) is 13.0. The first-order valence-corrected chi connectivity index (χ1v) is 7.01. The summed E-state index contributed by atoms with van der Waals surface area (Å²) >= 11 is 2.25. The molecule has 0 amide bonds. The van der Waals surface area contributed by atoms with Crippen LogP contribution >= 0.6 is 22.6 Å². The molecule has 1 aliphatic carbocycles. The van der Waals surface area contributed by atoms with Crippen LogP contribution in [0.3, 0.4) is 0 Å². The van der Waals surface area contributed by atoms with Crippen molar-refractivity contribution >= 4 is 28.3 Å². The van der Waals surface area contributed by atoms with E-state index < -0.39 is 0 Å². The van der Waals surface area contributed by atoms with E-state index in [1.807, 2.05) is 18.2 Å². The van der Waals surface area contributed by atoms with Crippen molar-refractivity contribution in [2.75, 3.05) is 12.8 Å². The number of hydrogen-bond acceptors (Lipinski definition) is 3. The molecular formula is C13H18INO2. The average molecular weight is 347 g/mol. The van der Waals surface area contributed by atoms with Gasteiger partial charge in [-0.25, -0.2) is 0 Å². The molecule has 1 aromatic carbocycles. The Bertz CT molecular complexity index is 384. The molecule has 0 aromatic heterocycles. The molecule has 0 radical (unpaired) electrons. The summed E-state index contributed by atoms with van der Waals surface area (Å²) in [6, 6.07) is 5.91. The van der Waals surface area contributed by atoms with Crippen LogP contribution in [0.2, 0.25) is 0 Å². The van der Waals surface area contributed by atoms with Crippen molar-refractivity contribution in [3.05, 3.63) is 21.8 Å². The molecule has 0 saturated heterocycles. The predicted octanol–water partition coefficient (Wildman–Crippen LogP) is 3.21. The van der Waals surface area contributed by atoms with Gasteiger partial charge < -0.3 is 15.2 Å². The van der Waals surface area contributed by atoms with E-state index in [4.69, 9.17) is 15.2 Å². The van der Waals surface area contributed by atoms with Gasteiger partial charge in [-0.1, -0.05) is 0 Å². The quantitative estimate of drug-likeness (QED) is 0.675. The molecule has 4 heteroatoms. The molecule has 1 saturated carbocycles. The number of hydrogen-bond donors (Lipinski definition) is 1. The molecule has 0 bridgehead atoms. The molecule has 1 fully saturated rings. The maximum atomic E-state index is 5.96. The van der Waals surface area contributed by atoms with Crippen molar-refractivity contribution < 1.29 is 9.47 Å². The van der Waals surface area contributed by atoms with Crippen LogP contribution in [0.25, 0.3) is 0 Å². The zero-order valence-corrected chi connectivity index (χ0v) is 12.1. The third kappa shape index (κ3) is 3.48. The van der Waals surface area contributed by atoms with Crippen molar-refractivity contribution in [2.45, 2.75) is 37.9 Å². The van der Waals surface area contributed by atoms with E-state index in [1.54, 1.807) is 7.11 Å². The lowest BCUT2D eigenvalue weighted by atomic mass is 9.95. The molecule has 0 aliphatic heterocycles. The molecule has 1 aliphatic rings. The van der Waals surface area contributed by atoms with E-state index in [-0.39, 0.29) is 6.10 Å². The summed E-state index contributed by atoms with van der Waals surface area (Å²) in [5.74, 6) is 0.798. The van der Waals surface area contributed by atoms with Crippen molar-refractivity contribution in [3.63, 3.8) is 0 Å². The van der Waals surface area contributed by atoms with E-state index in [9.17, 15) is 0 Å². The molecule has 2 atom stereocenters. The number of rotatable bonds is 3. The van der Waals surface area contributed by atoms with Crippen LogP contribution in [0.1, 0.15) is 25.7 Å². The largest absolute Gasteiger partial charge is 0.488 e. The minimum atomic E-state index is 0.232. The Kier molecular flexibility index (Phi) is 4.50. The van der Waals surface area contributed by atoms with Crippen LogP contribution in [0.15, 0.2) is 18.2 Å². The monoisotopic (exact) mass is 347 g/mol. The molecule has 0 heterocycles. The highest BCUT2D eigenvalue weighted by Crippen LogP contribution is 2.29. The lowest BCUT2D eigenvalue weighted by Crippen LogP contribution is -2.29. The highest BCUT2D eigenvalue weighted by atomic mass is 127. The Morgan fingerprint density at radius 3 is 2.76 bits per heavy atom. The Balaban J connectivity index is 2.00. The lowest BCUT2D eigenvalue weighted by Gasteiger charge is -2.29. The first-order chi connectivity index (χ1) is 8.19. The van der Waals surface area contributed by atoms with Gasteiger partial charge in [-0.15, -0.1) is 0 Å². The molecule has 3 nitrogen and oxygen atoms in total. The molecule has 2 rings (SSSR count). The van der Waals surface area contributed by atoms with Crippen molar-refractivity contribution in [2.24, 2.45) is 0 Å². The number of nitrogen functional groups attached to an aromatic ring is 1. The van der Waals surface area contributed by atoms with Gasteiger partial charge in [-0.3, -0.25) is 0 Å². The summed E-state index contributed by atoms with van der Waals surface area (Å²) in [4.78, 5) is 0. The SMILES string of the molecule is COC1CCCC(Oc2ccc(I)cc2N)C1. The molecule has 17 heavy (non-hydrogen) atoms. The van der Waals surface area contributed by atoms with E-state index in [0.717, 1.165) is 40.7 Å². The fourth-order valence-electron chi connectivity index (χ4n) is 2.23. The second-order valence-corrected chi connectivity index (χ2v) is 5.69. The zero-order valence-electron chi connectivity index (χ0n) is 9.99. The number of halogens is 1. The molecule has 2 unspecified atom stereocenters. The van der Waals surface area contributed by atoms with Crippen molar-refractivity contribution in [3.8, 4) is 5.75 Å². The minimum Gasteiger partial charge on any atom is -0.488 e. The van der Waals surface area contributed by atoms with E-state index in [2.05, 4.69) is 22.6 Å². The fourth-order valence-corrected chi connectivity index (χ4v) is 2.74. The molecular weight excluding hydrogens is 329 g/mol.